The van der Waals surface area contributed by atoms with Crippen LogP contribution in [0.5, 0.6) is 0 Å². The van der Waals surface area contributed by atoms with Crippen LogP contribution in [0, 0.1) is 0 Å². The van der Waals surface area contributed by atoms with Crippen LogP contribution >= 0.6 is 11.3 Å². The summed E-state index contributed by atoms with van der Waals surface area (Å²) in [6.45, 7) is 0. The molecule has 0 bridgehead atoms. The predicted octanol–water partition coefficient (Wildman–Crippen LogP) is -1.95. The smallest absolute Gasteiger partial charge is 0.408 e. The zero-order valence-electron chi connectivity index (χ0n) is 3.92. The molecule has 4 heteroatoms. The molecule has 7 heavy (non-hydrogen) atoms. The molecule has 0 unspecified atom stereocenters. The van der Waals surface area contributed by atoms with Crippen molar-refractivity contribution < 1.29 is 51.4 Å². The number of nitrogens with zero attached hydrogens (tertiary/aromatic N) is 1. The van der Waals surface area contributed by atoms with Gasteiger partial charge in [-0.2, -0.15) is 0 Å². The first-order valence-electron chi connectivity index (χ1n) is 1.46. The minimum Gasteiger partial charge on any atom is -0.408 e. The third-order valence-electron chi connectivity index (χ3n) is 0.410. The summed E-state index contributed by atoms with van der Waals surface area (Å²) in [5.74, 6) is 0. The largest absolute Gasteiger partial charge is 1.00 e. The monoisotopic (exact) mass is 155 g/mol. The first-order chi connectivity index (χ1) is 2.89. The van der Waals surface area contributed by atoms with E-state index in [1.165, 1.54) is 11.3 Å². The average Bonchev–Trinajstić information content (AvgIpc) is 1.86. The summed E-state index contributed by atoms with van der Waals surface area (Å²) in [5.41, 5.74) is 0. The molecule has 1 aromatic heterocycles. The van der Waals surface area contributed by atoms with E-state index in [1.807, 2.05) is 5.38 Å². The van der Waals surface area contributed by atoms with Crippen LogP contribution in [0.1, 0.15) is 0 Å². The standard InChI is InChI=1S/C3H3NS2.K/c5-3-4-1-2-6-3;/h1-2H,(H,4,5);/q;+1/p-1. The first kappa shape index (κ1) is 8.49. The number of thiazole rings is 1. The van der Waals surface area contributed by atoms with Crippen LogP contribution in [0.25, 0.3) is 0 Å². The Balaban J connectivity index is 0.000000360. The quantitative estimate of drug-likeness (QED) is 0.319. The van der Waals surface area contributed by atoms with E-state index in [4.69, 9.17) is 0 Å². The molecule has 0 atom stereocenters. The number of aromatic nitrogens is 1. The Morgan fingerprint density at radius 1 is 1.71 bits per heavy atom. The molecular formula is C3H2KNS2. The van der Waals surface area contributed by atoms with Gasteiger partial charge < -0.3 is 24.0 Å². The molecule has 32 valence electrons. The van der Waals surface area contributed by atoms with Gasteiger partial charge in [-0.05, 0) is 4.34 Å². The molecule has 1 aromatic rings. The van der Waals surface area contributed by atoms with Crippen LogP contribution in [-0.4, -0.2) is 4.98 Å². The van der Waals surface area contributed by atoms with E-state index in [0.29, 0.717) is 0 Å². The van der Waals surface area contributed by atoms with E-state index < -0.39 is 0 Å². The van der Waals surface area contributed by atoms with Crippen LogP contribution in [0.3, 0.4) is 0 Å². The van der Waals surface area contributed by atoms with E-state index in [2.05, 4.69) is 17.6 Å². The van der Waals surface area contributed by atoms with Gasteiger partial charge in [0.1, 0.15) is 0 Å². The first-order valence-corrected chi connectivity index (χ1v) is 2.75. The Morgan fingerprint density at radius 3 is 2.57 bits per heavy atom. The Bertz CT molecular complexity index is 116. The second kappa shape index (κ2) is 4.37. The molecule has 0 aliphatic heterocycles. The van der Waals surface area contributed by atoms with E-state index in [9.17, 15) is 0 Å². The van der Waals surface area contributed by atoms with Gasteiger partial charge in [-0.15, -0.1) is 0 Å². The maximum Gasteiger partial charge on any atom is 1.00 e. The number of hydrogen-bond donors (Lipinski definition) is 0. The molecule has 0 aromatic carbocycles. The molecular weight excluding hydrogens is 153 g/mol. The molecule has 0 spiro atoms. The van der Waals surface area contributed by atoms with Crippen molar-refractivity contribution in [2.75, 3.05) is 0 Å². The van der Waals surface area contributed by atoms with Crippen molar-refractivity contribution in [3.05, 3.63) is 11.6 Å². The molecule has 1 nitrogen and oxygen atoms in total. The van der Waals surface area contributed by atoms with Gasteiger partial charge in [0.15, 0.2) is 0 Å². The summed E-state index contributed by atoms with van der Waals surface area (Å²) in [5, 5.41) is 1.86. The van der Waals surface area contributed by atoms with E-state index >= 15 is 0 Å². The molecule has 0 saturated heterocycles. The van der Waals surface area contributed by atoms with Crippen molar-refractivity contribution in [3.63, 3.8) is 0 Å². The maximum atomic E-state index is 4.65. The van der Waals surface area contributed by atoms with Gasteiger partial charge in [-0.25, -0.2) is 0 Å². The molecule has 1 heterocycles. The van der Waals surface area contributed by atoms with Gasteiger partial charge in [-0.1, -0.05) is 5.38 Å². The zero-order chi connectivity index (χ0) is 4.41. The summed E-state index contributed by atoms with van der Waals surface area (Å²) >= 11 is 6.13. The van der Waals surface area contributed by atoms with Crippen molar-refractivity contribution in [2.24, 2.45) is 0 Å². The third kappa shape index (κ3) is 3.13. The van der Waals surface area contributed by atoms with Crippen LogP contribution in [0.2, 0.25) is 0 Å². The molecule has 1 rings (SSSR count). The van der Waals surface area contributed by atoms with Gasteiger partial charge in [0, 0.05) is 6.20 Å². The summed E-state index contributed by atoms with van der Waals surface area (Å²) in [7, 11) is 0. The summed E-state index contributed by atoms with van der Waals surface area (Å²) in [4.78, 5) is 3.75. The number of rotatable bonds is 0. The predicted molar refractivity (Wildman–Crippen MR) is 27.7 cm³/mol. The fourth-order valence-electron chi connectivity index (χ4n) is 0.210. The van der Waals surface area contributed by atoms with Gasteiger partial charge >= 0.3 is 51.4 Å². The van der Waals surface area contributed by atoms with E-state index in [1.54, 1.807) is 6.20 Å². The van der Waals surface area contributed by atoms with Crippen LogP contribution in [-0.2, 0) is 12.6 Å². The third-order valence-corrected chi connectivity index (χ3v) is 1.37. The second-order valence-electron chi connectivity index (χ2n) is 0.798. The van der Waals surface area contributed by atoms with Crippen LogP contribution < -0.4 is 51.4 Å². The maximum absolute atomic E-state index is 4.65. The molecule has 0 N–H and O–H groups in total. The zero-order valence-corrected chi connectivity index (χ0v) is 8.67. The summed E-state index contributed by atoms with van der Waals surface area (Å²) in [6, 6.07) is 0. The van der Waals surface area contributed by atoms with Crippen LogP contribution in [0.15, 0.2) is 15.9 Å². The molecule has 0 aliphatic carbocycles. The molecule has 0 amide bonds. The van der Waals surface area contributed by atoms with Crippen molar-refractivity contribution in [3.8, 4) is 0 Å². The van der Waals surface area contributed by atoms with Crippen molar-refractivity contribution in [1.29, 1.82) is 0 Å². The molecule has 0 aliphatic rings. The fourth-order valence-corrected chi connectivity index (χ4v) is 0.798. The van der Waals surface area contributed by atoms with Gasteiger partial charge in [0.2, 0.25) is 0 Å². The number of hydrogen-bond acceptors (Lipinski definition) is 3. The summed E-state index contributed by atoms with van der Waals surface area (Å²) < 4.78 is 0.718. The van der Waals surface area contributed by atoms with E-state index in [-0.39, 0.29) is 51.4 Å². The van der Waals surface area contributed by atoms with Gasteiger partial charge in [0.25, 0.3) is 0 Å². The van der Waals surface area contributed by atoms with Crippen molar-refractivity contribution in [1.82, 2.24) is 4.98 Å². The molecule has 0 radical (unpaired) electrons. The van der Waals surface area contributed by atoms with Gasteiger partial charge in [-0.3, -0.25) is 4.98 Å². The SMILES string of the molecule is [K+].[S-]c1nccs1. The Labute approximate surface area is 94.4 Å². The summed E-state index contributed by atoms with van der Waals surface area (Å²) in [6.07, 6.45) is 1.70. The molecule has 0 saturated carbocycles. The van der Waals surface area contributed by atoms with Gasteiger partial charge in [0.05, 0.1) is 0 Å². The Morgan fingerprint density at radius 2 is 2.43 bits per heavy atom. The normalized spacial score (nSPS) is 7.43. The topological polar surface area (TPSA) is 12.9 Å². The minimum atomic E-state index is 0. The minimum absolute atomic E-state index is 0. The Hall–Kier alpha value is 1.49. The average molecular weight is 155 g/mol. The van der Waals surface area contributed by atoms with Crippen LogP contribution in [0.4, 0.5) is 0 Å². The fraction of sp³-hybridized carbons (Fsp3) is 0. The second-order valence-corrected chi connectivity index (χ2v) is 2.34. The Kier molecular flexibility index (Phi) is 5.30. The van der Waals surface area contributed by atoms with Crippen molar-refractivity contribution in [2.45, 2.75) is 4.34 Å². The van der Waals surface area contributed by atoms with E-state index in [0.717, 1.165) is 4.34 Å². The molecule has 0 fully saturated rings. The van der Waals surface area contributed by atoms with Crippen molar-refractivity contribution >= 4 is 24.0 Å².